The minimum absolute atomic E-state index is 0.0909. The highest BCUT2D eigenvalue weighted by atomic mass is 17.0. The lowest BCUT2D eigenvalue weighted by Gasteiger charge is -2.10. The highest BCUT2D eigenvalue weighted by molar-refractivity contribution is 5.20. The first-order valence-electron chi connectivity index (χ1n) is 4.99. The second-order valence-electron chi connectivity index (χ2n) is 3.45. The summed E-state index contributed by atoms with van der Waals surface area (Å²) in [6.45, 7) is 4.16. The van der Waals surface area contributed by atoms with Crippen molar-refractivity contribution < 1.29 is 24.2 Å². The molecule has 1 saturated heterocycles. The summed E-state index contributed by atoms with van der Waals surface area (Å²) in [6.07, 6.45) is 0.314. The van der Waals surface area contributed by atoms with E-state index in [9.17, 15) is 10.1 Å². The molecule has 17 heavy (non-hydrogen) atoms. The molecule has 2 atom stereocenters. The third-order valence-corrected chi connectivity index (χ3v) is 2.32. The molecule has 0 aromatic rings. The van der Waals surface area contributed by atoms with E-state index in [0.29, 0.717) is 18.1 Å². The second kappa shape index (κ2) is 5.02. The van der Waals surface area contributed by atoms with Crippen molar-refractivity contribution >= 4 is 0 Å². The van der Waals surface area contributed by atoms with Gasteiger partial charge < -0.3 is 14.3 Å². The number of nitrogens with zero attached hydrogens (tertiary/aromatic N) is 1. The molecule has 0 aromatic carbocycles. The first-order valence-corrected chi connectivity index (χ1v) is 4.99. The van der Waals surface area contributed by atoms with Crippen LogP contribution in [0.15, 0.2) is 24.1 Å². The van der Waals surface area contributed by atoms with Crippen molar-refractivity contribution in [3.63, 3.8) is 0 Å². The van der Waals surface area contributed by atoms with Gasteiger partial charge >= 0.3 is 0 Å². The predicted molar refractivity (Wildman–Crippen MR) is 53.9 cm³/mol. The van der Waals surface area contributed by atoms with Crippen LogP contribution in [-0.2, 0) is 19.1 Å². The van der Waals surface area contributed by atoms with Crippen LogP contribution in [0.25, 0.3) is 0 Å². The maximum atomic E-state index is 10.2. The van der Waals surface area contributed by atoms with Gasteiger partial charge in [0, 0.05) is 0 Å². The van der Waals surface area contributed by atoms with Gasteiger partial charge in [0.1, 0.15) is 18.4 Å². The Morgan fingerprint density at radius 1 is 1.71 bits per heavy atom. The Morgan fingerprint density at radius 3 is 3.24 bits per heavy atom. The van der Waals surface area contributed by atoms with Crippen LogP contribution in [0.2, 0.25) is 0 Å². The number of hydrogen-bond donors (Lipinski definition) is 1. The van der Waals surface area contributed by atoms with E-state index in [1.54, 1.807) is 6.08 Å². The molecule has 94 valence electrons. The van der Waals surface area contributed by atoms with E-state index in [2.05, 4.69) is 16.9 Å². The molecule has 1 fully saturated rings. The fourth-order valence-electron chi connectivity index (χ4n) is 1.66. The number of rotatable bonds is 6. The molecule has 0 spiro atoms. The van der Waals surface area contributed by atoms with Crippen molar-refractivity contribution in [2.24, 2.45) is 0 Å². The molecule has 1 N–H and O–H groups in total. The molecule has 0 bridgehead atoms. The standard InChI is InChI=1S/C9H12N2O6/c1-2-3-16-10-6-4-14-9-7(17-11(12)13)5-15-8(6)9/h2,7,9-10H,1,3-5H2. The molecular weight excluding hydrogens is 232 g/mol. The molecule has 2 rings (SSSR count). The van der Waals surface area contributed by atoms with Crippen LogP contribution < -0.4 is 5.48 Å². The molecule has 8 nitrogen and oxygen atoms in total. The molecule has 0 aliphatic carbocycles. The van der Waals surface area contributed by atoms with Gasteiger partial charge in [-0.3, -0.25) is 10.3 Å². The highest BCUT2D eigenvalue weighted by Crippen LogP contribution is 2.31. The van der Waals surface area contributed by atoms with Crippen molar-refractivity contribution in [3.05, 3.63) is 34.2 Å². The predicted octanol–water partition coefficient (Wildman–Crippen LogP) is -0.0889. The summed E-state index contributed by atoms with van der Waals surface area (Å²) in [7, 11) is 0. The lowest BCUT2D eigenvalue weighted by molar-refractivity contribution is -0.769. The molecule has 8 heteroatoms. The van der Waals surface area contributed by atoms with Gasteiger partial charge in [0.25, 0.3) is 5.09 Å². The van der Waals surface area contributed by atoms with E-state index in [0.717, 1.165) is 0 Å². The van der Waals surface area contributed by atoms with Gasteiger partial charge in [-0.25, -0.2) is 0 Å². The average molecular weight is 244 g/mol. The van der Waals surface area contributed by atoms with Crippen LogP contribution in [0, 0.1) is 10.1 Å². The zero-order valence-corrected chi connectivity index (χ0v) is 8.96. The third kappa shape index (κ3) is 2.48. The van der Waals surface area contributed by atoms with E-state index in [1.807, 2.05) is 0 Å². The second-order valence-corrected chi connectivity index (χ2v) is 3.45. The molecular formula is C9H12N2O6. The van der Waals surface area contributed by atoms with Gasteiger partial charge in [-0.1, -0.05) is 6.08 Å². The fourth-order valence-corrected chi connectivity index (χ4v) is 1.66. The van der Waals surface area contributed by atoms with Crippen molar-refractivity contribution in [2.75, 3.05) is 19.8 Å². The van der Waals surface area contributed by atoms with Crippen molar-refractivity contribution in [1.29, 1.82) is 0 Å². The topological polar surface area (TPSA) is 92.1 Å². The largest absolute Gasteiger partial charge is 0.491 e. The van der Waals surface area contributed by atoms with Crippen LogP contribution in [0.4, 0.5) is 0 Å². The van der Waals surface area contributed by atoms with Crippen LogP contribution in [0.1, 0.15) is 0 Å². The summed E-state index contributed by atoms with van der Waals surface area (Å²) < 4.78 is 10.6. The van der Waals surface area contributed by atoms with Gasteiger partial charge in [-0.15, -0.1) is 16.7 Å². The monoisotopic (exact) mass is 244 g/mol. The van der Waals surface area contributed by atoms with Gasteiger partial charge in [0.2, 0.25) is 0 Å². The average Bonchev–Trinajstić information content (AvgIpc) is 2.83. The van der Waals surface area contributed by atoms with E-state index in [4.69, 9.17) is 14.3 Å². The molecule has 2 unspecified atom stereocenters. The lowest BCUT2D eigenvalue weighted by atomic mass is 10.2. The summed E-state index contributed by atoms with van der Waals surface area (Å²) >= 11 is 0. The third-order valence-electron chi connectivity index (χ3n) is 2.32. The molecule has 0 aromatic heterocycles. The maximum Gasteiger partial charge on any atom is 0.295 e. The van der Waals surface area contributed by atoms with Crippen LogP contribution in [0.5, 0.6) is 0 Å². The van der Waals surface area contributed by atoms with Gasteiger partial charge in [0.15, 0.2) is 11.9 Å². The Kier molecular flexibility index (Phi) is 3.45. The minimum Gasteiger partial charge on any atom is -0.491 e. The van der Waals surface area contributed by atoms with E-state index < -0.39 is 17.3 Å². The number of hydrogen-bond acceptors (Lipinski definition) is 7. The number of nitrogens with one attached hydrogen (secondary N) is 1. The van der Waals surface area contributed by atoms with Crippen LogP contribution >= 0.6 is 0 Å². The molecule has 0 radical (unpaired) electrons. The van der Waals surface area contributed by atoms with Crippen molar-refractivity contribution in [2.45, 2.75) is 12.2 Å². The number of ether oxygens (including phenoxy) is 2. The number of fused-ring (bicyclic) bond motifs is 1. The summed E-state index contributed by atoms with van der Waals surface area (Å²) in [5.74, 6) is 0.501. The molecule has 2 aliphatic rings. The van der Waals surface area contributed by atoms with E-state index >= 15 is 0 Å². The summed E-state index contributed by atoms with van der Waals surface area (Å²) in [5.41, 5.74) is 3.28. The maximum absolute atomic E-state index is 10.2. The Morgan fingerprint density at radius 2 is 2.53 bits per heavy atom. The Balaban J connectivity index is 1.95. The van der Waals surface area contributed by atoms with Crippen LogP contribution in [0.3, 0.4) is 0 Å². The minimum atomic E-state index is -0.847. The molecule has 2 heterocycles. The lowest BCUT2D eigenvalue weighted by Crippen LogP contribution is -2.29. The molecule has 0 saturated carbocycles. The van der Waals surface area contributed by atoms with E-state index in [-0.39, 0.29) is 13.2 Å². The SMILES string of the molecule is C=CCONC1=C2OCC(O[N+](=O)[O-])C2OC1. The first kappa shape index (κ1) is 11.7. The summed E-state index contributed by atoms with van der Waals surface area (Å²) in [6, 6.07) is 0. The fraction of sp³-hybridized carbons (Fsp3) is 0.556. The molecule has 2 aliphatic heterocycles. The van der Waals surface area contributed by atoms with E-state index in [1.165, 1.54) is 0 Å². The van der Waals surface area contributed by atoms with Crippen molar-refractivity contribution in [1.82, 2.24) is 5.48 Å². The Labute approximate surface area is 96.8 Å². The first-order chi connectivity index (χ1) is 8.22. The van der Waals surface area contributed by atoms with Crippen molar-refractivity contribution in [3.8, 4) is 0 Å². The van der Waals surface area contributed by atoms with Gasteiger partial charge in [0.05, 0.1) is 13.2 Å². The number of hydroxylamine groups is 1. The normalized spacial score (nSPS) is 26.4. The smallest absolute Gasteiger partial charge is 0.295 e. The van der Waals surface area contributed by atoms with Gasteiger partial charge in [-0.2, -0.15) is 0 Å². The van der Waals surface area contributed by atoms with Gasteiger partial charge in [-0.05, 0) is 0 Å². The van der Waals surface area contributed by atoms with Crippen LogP contribution in [-0.4, -0.2) is 37.1 Å². The Bertz CT molecular complexity index is 355. The zero-order chi connectivity index (χ0) is 12.3. The molecule has 0 amide bonds. The zero-order valence-electron chi connectivity index (χ0n) is 8.96. The summed E-state index contributed by atoms with van der Waals surface area (Å²) in [4.78, 5) is 19.7. The highest BCUT2D eigenvalue weighted by Gasteiger charge is 2.43. The Hall–Kier alpha value is -1.80. The quantitative estimate of drug-likeness (QED) is 0.302. The summed E-state index contributed by atoms with van der Waals surface area (Å²) in [5, 5.41) is 9.39.